The molecular formula is C26H22N10. The number of fused-ring (bicyclic) bond motifs is 2. The van der Waals surface area contributed by atoms with Crippen molar-refractivity contribution in [1.29, 1.82) is 0 Å². The SMILES string of the molecule is Cc1cn([C@H]2CCc3cc(-n4c(-c5cccnc5N)nc5ccc(-n6cccn6)nc54)ccc32)nn1. The highest BCUT2D eigenvalue weighted by atomic mass is 15.4. The second-order valence-electron chi connectivity index (χ2n) is 8.95. The molecule has 0 saturated heterocycles. The summed E-state index contributed by atoms with van der Waals surface area (Å²) in [5.74, 6) is 1.83. The molecule has 10 nitrogen and oxygen atoms in total. The zero-order valence-corrected chi connectivity index (χ0v) is 19.5. The van der Waals surface area contributed by atoms with E-state index in [2.05, 4.69) is 43.2 Å². The van der Waals surface area contributed by atoms with Crippen molar-refractivity contribution in [3.63, 3.8) is 0 Å². The van der Waals surface area contributed by atoms with Crippen LogP contribution in [0.15, 0.2) is 73.3 Å². The Morgan fingerprint density at radius 2 is 1.97 bits per heavy atom. The number of aryl methyl sites for hydroxylation is 2. The molecule has 36 heavy (non-hydrogen) atoms. The molecule has 6 aromatic rings. The highest BCUT2D eigenvalue weighted by molar-refractivity contribution is 5.83. The Hall–Kier alpha value is -4.86. The first-order valence-corrected chi connectivity index (χ1v) is 11.8. The Kier molecular flexibility index (Phi) is 4.47. The third kappa shape index (κ3) is 3.18. The van der Waals surface area contributed by atoms with Gasteiger partial charge in [-0.15, -0.1) is 5.10 Å². The van der Waals surface area contributed by atoms with Gasteiger partial charge in [-0.05, 0) is 73.4 Å². The molecule has 176 valence electrons. The summed E-state index contributed by atoms with van der Waals surface area (Å²) in [5.41, 5.74) is 13.0. The Morgan fingerprint density at radius 3 is 2.78 bits per heavy atom. The molecule has 1 aliphatic rings. The van der Waals surface area contributed by atoms with Crippen molar-refractivity contribution in [2.24, 2.45) is 0 Å². The third-order valence-electron chi connectivity index (χ3n) is 6.68. The minimum Gasteiger partial charge on any atom is -0.383 e. The molecule has 1 aromatic carbocycles. The summed E-state index contributed by atoms with van der Waals surface area (Å²) in [6.45, 7) is 1.96. The van der Waals surface area contributed by atoms with Gasteiger partial charge < -0.3 is 5.73 Å². The molecule has 0 fully saturated rings. The topological polar surface area (TPSA) is 118 Å². The van der Waals surface area contributed by atoms with E-state index in [-0.39, 0.29) is 6.04 Å². The van der Waals surface area contributed by atoms with Crippen molar-refractivity contribution in [1.82, 2.24) is 44.3 Å². The van der Waals surface area contributed by atoms with Crippen LogP contribution < -0.4 is 5.73 Å². The van der Waals surface area contributed by atoms with E-state index in [0.717, 1.165) is 41.0 Å². The summed E-state index contributed by atoms with van der Waals surface area (Å²) < 4.78 is 5.76. The Bertz CT molecular complexity index is 1730. The van der Waals surface area contributed by atoms with Gasteiger partial charge in [-0.1, -0.05) is 11.3 Å². The lowest BCUT2D eigenvalue weighted by Crippen LogP contribution is -2.08. The molecule has 5 aromatic heterocycles. The third-order valence-corrected chi connectivity index (χ3v) is 6.68. The van der Waals surface area contributed by atoms with E-state index in [0.29, 0.717) is 17.5 Å². The van der Waals surface area contributed by atoms with Gasteiger partial charge in [-0.25, -0.2) is 24.3 Å². The van der Waals surface area contributed by atoms with Crippen molar-refractivity contribution in [3.05, 3.63) is 90.1 Å². The number of nitrogen functional groups attached to an aromatic ring is 1. The largest absolute Gasteiger partial charge is 0.383 e. The molecule has 1 aliphatic carbocycles. The molecule has 0 aliphatic heterocycles. The van der Waals surface area contributed by atoms with Crippen LogP contribution in [0, 0.1) is 6.92 Å². The maximum absolute atomic E-state index is 6.29. The van der Waals surface area contributed by atoms with E-state index in [1.807, 2.05) is 54.3 Å². The zero-order chi connectivity index (χ0) is 24.2. The lowest BCUT2D eigenvalue weighted by molar-refractivity contribution is 0.504. The molecule has 2 N–H and O–H groups in total. The first-order chi connectivity index (χ1) is 17.7. The number of benzene rings is 1. The summed E-state index contributed by atoms with van der Waals surface area (Å²) in [5, 5.41) is 12.8. The van der Waals surface area contributed by atoms with Gasteiger partial charge in [0.1, 0.15) is 11.3 Å². The zero-order valence-electron chi connectivity index (χ0n) is 19.5. The first-order valence-electron chi connectivity index (χ1n) is 11.8. The van der Waals surface area contributed by atoms with Crippen LogP contribution in [0.3, 0.4) is 0 Å². The van der Waals surface area contributed by atoms with E-state index in [4.69, 9.17) is 15.7 Å². The maximum Gasteiger partial charge on any atom is 0.167 e. The van der Waals surface area contributed by atoms with Crippen molar-refractivity contribution in [2.45, 2.75) is 25.8 Å². The van der Waals surface area contributed by atoms with Crippen LogP contribution >= 0.6 is 0 Å². The van der Waals surface area contributed by atoms with Crippen molar-refractivity contribution in [3.8, 4) is 22.9 Å². The lowest BCUT2D eigenvalue weighted by atomic mass is 10.1. The minimum absolute atomic E-state index is 0.188. The minimum atomic E-state index is 0.188. The smallest absolute Gasteiger partial charge is 0.167 e. The lowest BCUT2D eigenvalue weighted by Gasteiger charge is -2.14. The average Bonchev–Trinajstić information content (AvgIpc) is 3.69. The number of hydrogen-bond donors (Lipinski definition) is 1. The average molecular weight is 475 g/mol. The number of pyridine rings is 2. The molecule has 1 atom stereocenters. The maximum atomic E-state index is 6.29. The van der Waals surface area contributed by atoms with Crippen LogP contribution in [-0.4, -0.2) is 44.3 Å². The second-order valence-corrected chi connectivity index (χ2v) is 8.95. The molecule has 10 heteroatoms. The van der Waals surface area contributed by atoms with Crippen molar-refractivity contribution >= 4 is 17.0 Å². The number of nitrogens with zero attached hydrogens (tertiary/aromatic N) is 9. The van der Waals surface area contributed by atoms with Crippen molar-refractivity contribution in [2.75, 3.05) is 5.73 Å². The fourth-order valence-corrected chi connectivity index (χ4v) is 5.02. The summed E-state index contributed by atoms with van der Waals surface area (Å²) in [4.78, 5) is 14.2. The molecule has 0 amide bonds. The van der Waals surface area contributed by atoms with Gasteiger partial charge in [0.05, 0.1) is 17.3 Å². The second kappa shape index (κ2) is 7.84. The Balaban J connectivity index is 1.43. The summed E-state index contributed by atoms with van der Waals surface area (Å²) in [7, 11) is 0. The van der Waals surface area contributed by atoms with Crippen LogP contribution in [0.4, 0.5) is 5.82 Å². The predicted molar refractivity (Wildman–Crippen MR) is 135 cm³/mol. The van der Waals surface area contributed by atoms with Crippen LogP contribution in [0.2, 0.25) is 0 Å². The van der Waals surface area contributed by atoms with Gasteiger partial charge in [0.2, 0.25) is 0 Å². The quantitative estimate of drug-likeness (QED) is 0.414. The van der Waals surface area contributed by atoms with E-state index < -0.39 is 0 Å². The van der Waals surface area contributed by atoms with Gasteiger partial charge in [0.25, 0.3) is 0 Å². The first kappa shape index (κ1) is 20.5. The van der Waals surface area contributed by atoms with Crippen molar-refractivity contribution < 1.29 is 0 Å². The molecule has 7 rings (SSSR count). The van der Waals surface area contributed by atoms with Gasteiger partial charge in [-0.2, -0.15) is 5.10 Å². The molecule has 0 bridgehead atoms. The molecule has 5 heterocycles. The van der Waals surface area contributed by atoms with Crippen LogP contribution in [0.1, 0.15) is 29.3 Å². The highest BCUT2D eigenvalue weighted by Crippen LogP contribution is 2.37. The molecular weight excluding hydrogens is 452 g/mol. The molecule has 0 spiro atoms. The number of aromatic nitrogens is 9. The standard InChI is InChI=1S/C26H22N10/c1-16-15-35(33-32-16)22-9-5-17-14-18(6-7-19(17)22)36-25(20-4-2-11-28-24(20)27)30-21-8-10-23(31-26(21)36)34-13-3-12-29-34/h2-4,6-8,10-15,22H,5,9H2,1H3,(H2,27,28)/t22-/m0/s1. The van der Waals surface area contributed by atoms with Gasteiger partial charge in [0.15, 0.2) is 17.3 Å². The Morgan fingerprint density at radius 1 is 1.03 bits per heavy atom. The highest BCUT2D eigenvalue weighted by Gasteiger charge is 2.26. The molecule has 0 saturated carbocycles. The fraction of sp³-hybridized carbons (Fsp3) is 0.154. The van der Waals surface area contributed by atoms with Gasteiger partial charge >= 0.3 is 0 Å². The van der Waals surface area contributed by atoms with E-state index in [1.54, 1.807) is 17.1 Å². The van der Waals surface area contributed by atoms with Gasteiger partial charge in [-0.3, -0.25) is 4.57 Å². The summed E-state index contributed by atoms with van der Waals surface area (Å²) >= 11 is 0. The van der Waals surface area contributed by atoms with Crippen LogP contribution in [-0.2, 0) is 6.42 Å². The number of rotatable bonds is 4. The van der Waals surface area contributed by atoms with Crippen LogP contribution in [0.25, 0.3) is 34.1 Å². The normalized spacial score (nSPS) is 15.0. The van der Waals surface area contributed by atoms with E-state index >= 15 is 0 Å². The molecule has 0 radical (unpaired) electrons. The summed E-state index contributed by atoms with van der Waals surface area (Å²) in [6, 6.07) is 16.2. The number of nitrogens with two attached hydrogens (primary N) is 1. The molecule has 0 unspecified atom stereocenters. The fourth-order valence-electron chi connectivity index (χ4n) is 5.02. The van der Waals surface area contributed by atoms with E-state index in [1.165, 1.54) is 11.1 Å². The number of hydrogen-bond acceptors (Lipinski definition) is 7. The number of imidazole rings is 1. The monoisotopic (exact) mass is 474 g/mol. The Labute approximate surface area is 206 Å². The summed E-state index contributed by atoms with van der Waals surface area (Å²) in [6.07, 6.45) is 9.23. The number of anilines is 1. The van der Waals surface area contributed by atoms with Gasteiger partial charge in [0, 0.05) is 30.5 Å². The predicted octanol–water partition coefficient (Wildman–Crippen LogP) is 3.69. The van der Waals surface area contributed by atoms with E-state index in [9.17, 15) is 0 Å². The van der Waals surface area contributed by atoms with Crippen LogP contribution in [0.5, 0.6) is 0 Å².